The predicted octanol–water partition coefficient (Wildman–Crippen LogP) is 4.50. The number of fused-ring (bicyclic) bond motifs is 1. The summed E-state index contributed by atoms with van der Waals surface area (Å²) in [5, 5.41) is 1.23. The number of piperidine rings is 1. The molecule has 0 bridgehead atoms. The molecule has 0 radical (unpaired) electrons. The summed E-state index contributed by atoms with van der Waals surface area (Å²) in [6.07, 6.45) is 4.09. The first-order chi connectivity index (χ1) is 12.7. The molecule has 0 unspecified atom stereocenters. The van der Waals surface area contributed by atoms with E-state index in [2.05, 4.69) is 23.3 Å². The SMILES string of the molecule is COc1ccc2[nH]cc(C3CCN(C(=O)c4ccc(C)cc4)CC3)c2c1. The molecular formula is C22H24N2O2. The van der Waals surface area contributed by atoms with Gasteiger partial charge in [0.05, 0.1) is 7.11 Å². The topological polar surface area (TPSA) is 45.3 Å². The van der Waals surface area contributed by atoms with Crippen molar-refractivity contribution in [3.63, 3.8) is 0 Å². The summed E-state index contributed by atoms with van der Waals surface area (Å²) >= 11 is 0. The normalized spacial score (nSPS) is 15.4. The van der Waals surface area contributed by atoms with Crippen LogP contribution in [0, 0.1) is 6.92 Å². The summed E-state index contributed by atoms with van der Waals surface area (Å²) in [5.41, 5.74) is 4.43. The minimum Gasteiger partial charge on any atom is -0.497 e. The van der Waals surface area contributed by atoms with E-state index in [1.54, 1.807) is 7.11 Å². The van der Waals surface area contributed by atoms with Gasteiger partial charge >= 0.3 is 0 Å². The lowest BCUT2D eigenvalue weighted by atomic mass is 9.89. The van der Waals surface area contributed by atoms with Crippen molar-refractivity contribution in [1.82, 2.24) is 9.88 Å². The first-order valence-corrected chi connectivity index (χ1v) is 9.16. The molecular weight excluding hydrogens is 324 g/mol. The van der Waals surface area contributed by atoms with E-state index in [1.807, 2.05) is 42.2 Å². The molecule has 1 saturated heterocycles. The van der Waals surface area contributed by atoms with E-state index in [-0.39, 0.29) is 5.91 Å². The Morgan fingerprint density at radius 3 is 2.54 bits per heavy atom. The number of aryl methyl sites for hydroxylation is 1. The molecule has 2 aromatic carbocycles. The summed E-state index contributed by atoms with van der Waals surface area (Å²) in [7, 11) is 1.70. The van der Waals surface area contributed by atoms with Crippen molar-refractivity contribution in [1.29, 1.82) is 0 Å². The second-order valence-corrected chi connectivity index (χ2v) is 7.09. The number of carbonyl (C=O) groups excluding carboxylic acids is 1. The van der Waals surface area contributed by atoms with Crippen LogP contribution in [-0.2, 0) is 0 Å². The van der Waals surface area contributed by atoms with E-state index in [1.165, 1.54) is 16.5 Å². The average molecular weight is 348 g/mol. The molecule has 4 nitrogen and oxygen atoms in total. The Balaban J connectivity index is 1.48. The summed E-state index contributed by atoms with van der Waals surface area (Å²) in [6.45, 7) is 3.64. The summed E-state index contributed by atoms with van der Waals surface area (Å²) in [4.78, 5) is 18.1. The van der Waals surface area contributed by atoms with Gasteiger partial charge in [-0.3, -0.25) is 4.79 Å². The van der Waals surface area contributed by atoms with Gasteiger partial charge in [0.15, 0.2) is 0 Å². The van der Waals surface area contributed by atoms with Crippen molar-refractivity contribution >= 4 is 16.8 Å². The molecule has 0 atom stereocenters. The Bertz CT molecular complexity index is 919. The van der Waals surface area contributed by atoms with E-state index in [0.29, 0.717) is 5.92 Å². The number of hydrogen-bond donors (Lipinski definition) is 1. The van der Waals surface area contributed by atoms with Gasteiger partial charge in [0, 0.05) is 35.8 Å². The number of hydrogen-bond acceptors (Lipinski definition) is 2. The van der Waals surface area contributed by atoms with Gasteiger partial charge in [-0.15, -0.1) is 0 Å². The highest BCUT2D eigenvalue weighted by atomic mass is 16.5. The van der Waals surface area contributed by atoms with Crippen LogP contribution in [0.4, 0.5) is 0 Å². The maximum atomic E-state index is 12.7. The Hall–Kier alpha value is -2.75. The number of H-pyrrole nitrogens is 1. The molecule has 4 rings (SSSR count). The lowest BCUT2D eigenvalue weighted by molar-refractivity contribution is 0.0713. The summed E-state index contributed by atoms with van der Waals surface area (Å²) in [5.74, 6) is 1.49. The molecule has 1 fully saturated rings. The van der Waals surface area contributed by atoms with Crippen molar-refractivity contribution in [3.05, 3.63) is 65.4 Å². The molecule has 1 amide bonds. The lowest BCUT2D eigenvalue weighted by Gasteiger charge is -2.32. The average Bonchev–Trinajstić information content (AvgIpc) is 3.11. The number of amides is 1. The molecule has 4 heteroatoms. The minimum atomic E-state index is 0.143. The van der Waals surface area contributed by atoms with Crippen LogP contribution in [-0.4, -0.2) is 36.0 Å². The van der Waals surface area contributed by atoms with Crippen molar-refractivity contribution < 1.29 is 9.53 Å². The van der Waals surface area contributed by atoms with E-state index in [4.69, 9.17) is 4.74 Å². The molecule has 1 N–H and O–H groups in total. The van der Waals surface area contributed by atoms with Crippen LogP contribution in [0.1, 0.15) is 40.2 Å². The zero-order valence-corrected chi connectivity index (χ0v) is 15.3. The highest BCUT2D eigenvalue weighted by Crippen LogP contribution is 2.35. The van der Waals surface area contributed by atoms with Gasteiger partial charge in [0.25, 0.3) is 5.91 Å². The number of carbonyl (C=O) groups is 1. The number of methoxy groups -OCH3 is 1. The maximum absolute atomic E-state index is 12.7. The number of likely N-dealkylation sites (tertiary alicyclic amines) is 1. The van der Waals surface area contributed by atoms with Crippen LogP contribution < -0.4 is 4.74 Å². The number of rotatable bonds is 3. The predicted molar refractivity (Wildman–Crippen MR) is 104 cm³/mol. The van der Waals surface area contributed by atoms with Crippen molar-refractivity contribution in [2.75, 3.05) is 20.2 Å². The number of nitrogens with one attached hydrogen (secondary N) is 1. The van der Waals surface area contributed by atoms with Crippen LogP contribution in [0.25, 0.3) is 10.9 Å². The Kier molecular flexibility index (Phi) is 4.41. The van der Waals surface area contributed by atoms with Crippen LogP contribution in [0.5, 0.6) is 5.75 Å². The van der Waals surface area contributed by atoms with Crippen molar-refractivity contribution in [2.24, 2.45) is 0 Å². The fraction of sp³-hybridized carbons (Fsp3) is 0.318. The molecule has 26 heavy (non-hydrogen) atoms. The molecule has 1 aliphatic rings. The van der Waals surface area contributed by atoms with Gasteiger partial charge in [0.1, 0.15) is 5.75 Å². The van der Waals surface area contributed by atoms with Crippen LogP contribution in [0.3, 0.4) is 0 Å². The molecule has 134 valence electrons. The number of aromatic nitrogens is 1. The molecule has 2 heterocycles. The fourth-order valence-corrected chi connectivity index (χ4v) is 3.86. The van der Waals surface area contributed by atoms with Gasteiger partial charge in [-0.05, 0) is 61.6 Å². The van der Waals surface area contributed by atoms with Gasteiger partial charge < -0.3 is 14.6 Å². The third kappa shape index (κ3) is 3.07. The van der Waals surface area contributed by atoms with E-state index in [0.717, 1.165) is 42.8 Å². The van der Waals surface area contributed by atoms with Crippen LogP contribution in [0.2, 0.25) is 0 Å². The summed E-state index contributed by atoms with van der Waals surface area (Å²) < 4.78 is 5.37. The Morgan fingerprint density at radius 1 is 1.12 bits per heavy atom. The minimum absolute atomic E-state index is 0.143. The van der Waals surface area contributed by atoms with Gasteiger partial charge in [-0.25, -0.2) is 0 Å². The fourth-order valence-electron chi connectivity index (χ4n) is 3.86. The third-order valence-corrected chi connectivity index (χ3v) is 5.44. The molecule has 0 spiro atoms. The molecule has 1 aromatic heterocycles. The number of benzene rings is 2. The quantitative estimate of drug-likeness (QED) is 0.757. The Labute approximate surface area is 153 Å². The highest BCUT2D eigenvalue weighted by molar-refractivity contribution is 5.94. The number of aromatic amines is 1. The van der Waals surface area contributed by atoms with Crippen molar-refractivity contribution in [2.45, 2.75) is 25.7 Å². The molecule has 1 aliphatic heterocycles. The second-order valence-electron chi connectivity index (χ2n) is 7.09. The van der Waals surface area contributed by atoms with Gasteiger partial charge in [-0.2, -0.15) is 0 Å². The maximum Gasteiger partial charge on any atom is 0.253 e. The molecule has 0 saturated carbocycles. The van der Waals surface area contributed by atoms with Crippen molar-refractivity contribution in [3.8, 4) is 5.75 Å². The van der Waals surface area contributed by atoms with Gasteiger partial charge in [0.2, 0.25) is 0 Å². The van der Waals surface area contributed by atoms with E-state index < -0.39 is 0 Å². The molecule has 3 aromatic rings. The largest absolute Gasteiger partial charge is 0.497 e. The first-order valence-electron chi connectivity index (χ1n) is 9.16. The smallest absolute Gasteiger partial charge is 0.253 e. The van der Waals surface area contributed by atoms with Crippen LogP contribution >= 0.6 is 0 Å². The highest BCUT2D eigenvalue weighted by Gasteiger charge is 2.26. The Morgan fingerprint density at radius 2 is 1.85 bits per heavy atom. The zero-order valence-electron chi connectivity index (χ0n) is 15.3. The van der Waals surface area contributed by atoms with E-state index in [9.17, 15) is 4.79 Å². The second kappa shape index (κ2) is 6.87. The standard InChI is InChI=1S/C22H24N2O2/c1-15-3-5-17(6-4-15)22(25)24-11-9-16(10-12-24)20-14-23-21-8-7-18(26-2)13-19(20)21/h3-8,13-14,16,23H,9-12H2,1-2H3. The van der Waals surface area contributed by atoms with E-state index >= 15 is 0 Å². The summed E-state index contributed by atoms with van der Waals surface area (Å²) in [6, 6.07) is 14.0. The number of ether oxygens (including phenoxy) is 1. The number of nitrogens with zero attached hydrogens (tertiary/aromatic N) is 1. The molecule has 0 aliphatic carbocycles. The first kappa shape index (κ1) is 16.7. The zero-order chi connectivity index (χ0) is 18.1. The lowest BCUT2D eigenvalue weighted by Crippen LogP contribution is -2.37. The van der Waals surface area contributed by atoms with Crippen LogP contribution in [0.15, 0.2) is 48.7 Å². The van der Waals surface area contributed by atoms with Gasteiger partial charge in [-0.1, -0.05) is 17.7 Å². The monoisotopic (exact) mass is 348 g/mol. The third-order valence-electron chi connectivity index (χ3n) is 5.44.